The maximum Gasteiger partial charge on any atom is 0.337 e. The van der Waals surface area contributed by atoms with E-state index in [1.54, 1.807) is 0 Å². The Morgan fingerprint density at radius 2 is 2.27 bits per heavy atom. The van der Waals surface area contributed by atoms with E-state index >= 15 is 0 Å². The summed E-state index contributed by atoms with van der Waals surface area (Å²) in [6, 6.07) is 3.56. The molecule has 0 aliphatic heterocycles. The molecule has 0 saturated heterocycles. The van der Waals surface area contributed by atoms with E-state index in [4.69, 9.17) is 5.11 Å². The van der Waals surface area contributed by atoms with E-state index in [2.05, 4.69) is 27.8 Å². The van der Waals surface area contributed by atoms with Crippen molar-refractivity contribution < 1.29 is 14.3 Å². The molecule has 0 aliphatic rings. The Hall–Kier alpha value is -1.36. The topological polar surface area (TPSA) is 49.3 Å². The zero-order valence-corrected chi connectivity index (χ0v) is 9.34. The fourth-order valence-electron chi connectivity index (χ4n) is 1.04. The molecule has 1 aromatic rings. The quantitative estimate of drug-likeness (QED) is 0.887. The van der Waals surface area contributed by atoms with Gasteiger partial charge in [-0.25, -0.2) is 9.18 Å². The molecular formula is C10H9BrFNO2. The molecule has 0 aliphatic carbocycles. The van der Waals surface area contributed by atoms with E-state index in [0.29, 0.717) is 16.7 Å². The minimum Gasteiger partial charge on any atom is -0.478 e. The van der Waals surface area contributed by atoms with Crippen LogP contribution in [0.5, 0.6) is 0 Å². The molecule has 2 N–H and O–H groups in total. The molecule has 15 heavy (non-hydrogen) atoms. The van der Waals surface area contributed by atoms with E-state index in [0.717, 1.165) is 6.07 Å². The van der Waals surface area contributed by atoms with Crippen LogP contribution >= 0.6 is 15.9 Å². The van der Waals surface area contributed by atoms with Crippen LogP contribution in [0, 0.1) is 5.82 Å². The summed E-state index contributed by atoms with van der Waals surface area (Å²) in [5.74, 6) is -1.74. The van der Waals surface area contributed by atoms with Gasteiger partial charge in [0.2, 0.25) is 0 Å². The fourth-order valence-corrected chi connectivity index (χ4v) is 1.18. The highest BCUT2D eigenvalue weighted by Gasteiger charge is 2.10. The number of aromatic carboxylic acids is 1. The number of anilines is 1. The van der Waals surface area contributed by atoms with E-state index in [1.807, 2.05) is 0 Å². The van der Waals surface area contributed by atoms with Crippen LogP contribution in [0.3, 0.4) is 0 Å². The molecule has 0 radical (unpaired) electrons. The van der Waals surface area contributed by atoms with Crippen LogP contribution in [0.25, 0.3) is 0 Å². The second kappa shape index (κ2) is 4.93. The zero-order chi connectivity index (χ0) is 11.4. The number of carboxylic acids is 1. The lowest BCUT2D eigenvalue weighted by molar-refractivity contribution is 0.0697. The van der Waals surface area contributed by atoms with Crippen molar-refractivity contribution >= 4 is 27.6 Å². The summed E-state index contributed by atoms with van der Waals surface area (Å²) in [6.07, 6.45) is 0. The van der Waals surface area contributed by atoms with Crippen LogP contribution in [-0.2, 0) is 0 Å². The second-order valence-corrected chi connectivity index (χ2v) is 3.99. The highest BCUT2D eigenvalue weighted by atomic mass is 79.9. The first-order valence-electron chi connectivity index (χ1n) is 4.10. The van der Waals surface area contributed by atoms with E-state index in [1.165, 1.54) is 12.1 Å². The summed E-state index contributed by atoms with van der Waals surface area (Å²) in [4.78, 5) is 10.8. The Kier molecular flexibility index (Phi) is 3.85. The van der Waals surface area contributed by atoms with Crippen molar-refractivity contribution in [1.82, 2.24) is 0 Å². The molecule has 80 valence electrons. The number of benzene rings is 1. The van der Waals surface area contributed by atoms with Gasteiger partial charge >= 0.3 is 5.97 Å². The van der Waals surface area contributed by atoms with Crippen molar-refractivity contribution in [3.05, 3.63) is 40.6 Å². The third-order valence-corrected chi connectivity index (χ3v) is 1.96. The lowest BCUT2D eigenvalue weighted by Crippen LogP contribution is -2.07. The van der Waals surface area contributed by atoms with Crippen molar-refractivity contribution in [3.63, 3.8) is 0 Å². The Bertz CT molecular complexity index is 406. The molecule has 1 rings (SSSR count). The van der Waals surface area contributed by atoms with Gasteiger partial charge in [0.25, 0.3) is 0 Å². The Morgan fingerprint density at radius 1 is 1.60 bits per heavy atom. The summed E-state index contributed by atoms with van der Waals surface area (Å²) in [5, 5.41) is 11.6. The third kappa shape index (κ3) is 3.36. The number of hydrogen-bond acceptors (Lipinski definition) is 2. The molecule has 1 aromatic carbocycles. The maximum absolute atomic E-state index is 12.8. The Morgan fingerprint density at radius 3 is 2.80 bits per heavy atom. The molecule has 0 atom stereocenters. The standard InChI is InChI=1S/C10H9BrFNO2/c1-6(11)5-13-9-3-2-7(12)4-8(9)10(14)15/h2-4,13H,1,5H2,(H,14,15). The van der Waals surface area contributed by atoms with Gasteiger partial charge in [0.1, 0.15) is 5.82 Å². The summed E-state index contributed by atoms with van der Waals surface area (Å²) in [7, 11) is 0. The molecule has 0 heterocycles. The van der Waals surface area contributed by atoms with Crippen molar-refractivity contribution in [2.45, 2.75) is 0 Å². The van der Waals surface area contributed by atoms with E-state index in [-0.39, 0.29) is 5.56 Å². The first-order valence-corrected chi connectivity index (χ1v) is 4.90. The predicted molar refractivity (Wildman–Crippen MR) is 59.9 cm³/mol. The average molecular weight is 274 g/mol. The van der Waals surface area contributed by atoms with Crippen LogP contribution < -0.4 is 5.32 Å². The van der Waals surface area contributed by atoms with Gasteiger partial charge in [-0.15, -0.1) is 0 Å². The summed E-state index contributed by atoms with van der Waals surface area (Å²) in [5.41, 5.74) is 0.272. The van der Waals surface area contributed by atoms with Crippen LogP contribution in [0.4, 0.5) is 10.1 Å². The van der Waals surface area contributed by atoms with Gasteiger partial charge in [-0.2, -0.15) is 0 Å². The van der Waals surface area contributed by atoms with E-state index in [9.17, 15) is 9.18 Å². The largest absolute Gasteiger partial charge is 0.478 e. The van der Waals surface area contributed by atoms with Gasteiger partial charge in [-0.3, -0.25) is 0 Å². The highest BCUT2D eigenvalue weighted by molar-refractivity contribution is 9.11. The lowest BCUT2D eigenvalue weighted by Gasteiger charge is -2.08. The van der Waals surface area contributed by atoms with Gasteiger partial charge in [0, 0.05) is 16.7 Å². The normalized spacial score (nSPS) is 9.73. The molecule has 0 aromatic heterocycles. The highest BCUT2D eigenvalue weighted by Crippen LogP contribution is 2.17. The van der Waals surface area contributed by atoms with Crippen molar-refractivity contribution in [2.24, 2.45) is 0 Å². The molecule has 0 unspecified atom stereocenters. The van der Waals surface area contributed by atoms with Crippen LogP contribution in [0.1, 0.15) is 10.4 Å². The van der Waals surface area contributed by atoms with Gasteiger partial charge < -0.3 is 10.4 Å². The minimum absolute atomic E-state index is 0.0937. The van der Waals surface area contributed by atoms with Gasteiger partial charge in [-0.1, -0.05) is 22.5 Å². The zero-order valence-electron chi connectivity index (χ0n) is 7.76. The monoisotopic (exact) mass is 273 g/mol. The average Bonchev–Trinajstić information content (AvgIpc) is 2.15. The second-order valence-electron chi connectivity index (χ2n) is 2.87. The first kappa shape index (κ1) is 11.7. The first-order chi connectivity index (χ1) is 7.00. The van der Waals surface area contributed by atoms with Gasteiger partial charge in [0.05, 0.1) is 5.56 Å². The van der Waals surface area contributed by atoms with Gasteiger partial charge in [0.15, 0.2) is 0 Å². The van der Waals surface area contributed by atoms with Crippen LogP contribution in [-0.4, -0.2) is 17.6 Å². The molecule has 0 saturated carbocycles. The SMILES string of the molecule is C=C(Br)CNc1ccc(F)cc1C(=O)O. The maximum atomic E-state index is 12.8. The van der Waals surface area contributed by atoms with Crippen molar-refractivity contribution in [1.29, 1.82) is 0 Å². The molecule has 0 bridgehead atoms. The fraction of sp³-hybridized carbons (Fsp3) is 0.100. The minimum atomic E-state index is -1.17. The van der Waals surface area contributed by atoms with Crippen molar-refractivity contribution in [3.8, 4) is 0 Å². The third-order valence-electron chi connectivity index (χ3n) is 1.68. The summed E-state index contributed by atoms with van der Waals surface area (Å²) < 4.78 is 13.5. The molecule has 0 spiro atoms. The number of hydrogen-bond donors (Lipinski definition) is 2. The number of nitrogens with one attached hydrogen (secondary N) is 1. The number of carbonyl (C=O) groups is 1. The summed E-state index contributed by atoms with van der Waals surface area (Å²) in [6.45, 7) is 3.98. The predicted octanol–water partition coefficient (Wildman–Crippen LogP) is 2.84. The van der Waals surface area contributed by atoms with Crippen LogP contribution in [0.15, 0.2) is 29.3 Å². The molecule has 5 heteroatoms. The summed E-state index contributed by atoms with van der Waals surface area (Å²) >= 11 is 3.13. The van der Waals surface area contributed by atoms with Crippen molar-refractivity contribution in [2.75, 3.05) is 11.9 Å². The number of rotatable bonds is 4. The molecule has 0 amide bonds. The molecule has 0 fully saturated rings. The Balaban J connectivity index is 2.95. The van der Waals surface area contributed by atoms with E-state index < -0.39 is 11.8 Å². The van der Waals surface area contributed by atoms with Crippen LogP contribution in [0.2, 0.25) is 0 Å². The van der Waals surface area contributed by atoms with Gasteiger partial charge in [-0.05, 0) is 18.2 Å². The molecule has 3 nitrogen and oxygen atoms in total. The molecular weight excluding hydrogens is 265 g/mol. The number of carboxylic acid groups (broad SMARTS) is 1. The Labute approximate surface area is 94.7 Å². The number of halogens is 2. The smallest absolute Gasteiger partial charge is 0.337 e. The lowest BCUT2D eigenvalue weighted by atomic mass is 10.1.